The number of hydrogen-bond donors (Lipinski definition) is 1. The van der Waals surface area contributed by atoms with E-state index < -0.39 is 20.0 Å². The second-order valence-electron chi connectivity index (χ2n) is 6.93. The molecule has 1 N–H and O–H groups in total. The van der Waals surface area contributed by atoms with Crippen LogP contribution in [0.3, 0.4) is 0 Å². The maximum absolute atomic E-state index is 12.7. The van der Waals surface area contributed by atoms with Gasteiger partial charge >= 0.3 is 0 Å². The van der Waals surface area contributed by atoms with Crippen LogP contribution in [0.2, 0.25) is 0 Å². The maximum atomic E-state index is 12.7. The van der Waals surface area contributed by atoms with Gasteiger partial charge < -0.3 is 4.90 Å². The third kappa shape index (κ3) is 3.82. The van der Waals surface area contributed by atoms with E-state index in [1.54, 1.807) is 13.8 Å². The van der Waals surface area contributed by atoms with Gasteiger partial charge in [0, 0.05) is 25.7 Å². The number of rotatable bonds is 7. The molecule has 1 unspecified atom stereocenters. The van der Waals surface area contributed by atoms with Gasteiger partial charge in [-0.2, -0.15) is 4.31 Å². The summed E-state index contributed by atoms with van der Waals surface area (Å²) < 4.78 is 54.6. The number of sulfonamides is 2. The molecular weight excluding hydrogens is 374 g/mol. The van der Waals surface area contributed by atoms with Crippen LogP contribution in [0.15, 0.2) is 34.1 Å². The van der Waals surface area contributed by atoms with E-state index in [2.05, 4.69) is 9.62 Å². The van der Waals surface area contributed by atoms with Crippen molar-refractivity contribution in [2.24, 2.45) is 5.92 Å². The van der Waals surface area contributed by atoms with E-state index in [9.17, 15) is 16.8 Å². The Morgan fingerprint density at radius 2 is 1.54 bits per heavy atom. The zero-order valence-corrected chi connectivity index (χ0v) is 16.9. The van der Waals surface area contributed by atoms with Crippen molar-refractivity contribution in [3.05, 3.63) is 24.3 Å². The Balaban J connectivity index is 1.77. The molecule has 0 spiro atoms. The minimum absolute atomic E-state index is 0.0680. The van der Waals surface area contributed by atoms with Crippen LogP contribution >= 0.6 is 0 Å². The highest BCUT2D eigenvalue weighted by Gasteiger charge is 2.36. The molecule has 3 saturated heterocycles. The lowest BCUT2D eigenvalue weighted by molar-refractivity contribution is 0.0827. The van der Waals surface area contributed by atoms with E-state index in [-0.39, 0.29) is 15.8 Å². The lowest BCUT2D eigenvalue weighted by Gasteiger charge is -2.44. The Morgan fingerprint density at radius 3 is 2.00 bits per heavy atom. The first-order chi connectivity index (χ1) is 12.3. The highest BCUT2D eigenvalue weighted by Crippen LogP contribution is 2.28. The van der Waals surface area contributed by atoms with Crippen LogP contribution in [0.5, 0.6) is 0 Å². The van der Waals surface area contributed by atoms with Crippen LogP contribution < -0.4 is 4.72 Å². The van der Waals surface area contributed by atoms with Gasteiger partial charge in [0.1, 0.15) is 0 Å². The van der Waals surface area contributed by atoms with Crippen molar-refractivity contribution < 1.29 is 16.8 Å². The summed E-state index contributed by atoms with van der Waals surface area (Å²) in [5, 5.41) is 0. The highest BCUT2D eigenvalue weighted by molar-refractivity contribution is 7.89. The third-order valence-corrected chi connectivity index (χ3v) is 9.01. The van der Waals surface area contributed by atoms with Crippen molar-refractivity contribution in [1.82, 2.24) is 13.9 Å². The van der Waals surface area contributed by atoms with Crippen LogP contribution in [-0.4, -0.2) is 64.8 Å². The molecule has 146 valence electrons. The van der Waals surface area contributed by atoms with Gasteiger partial charge in [-0.1, -0.05) is 13.8 Å². The van der Waals surface area contributed by atoms with E-state index in [0.717, 1.165) is 32.5 Å². The Labute approximate surface area is 156 Å². The normalized spacial score (nSPS) is 26.3. The molecule has 0 saturated carbocycles. The monoisotopic (exact) mass is 401 g/mol. The summed E-state index contributed by atoms with van der Waals surface area (Å²) in [7, 11) is -7.25. The summed E-state index contributed by atoms with van der Waals surface area (Å²) in [6, 6.07) is 5.43. The average Bonchev–Trinajstić information content (AvgIpc) is 2.63. The van der Waals surface area contributed by atoms with Crippen LogP contribution in [-0.2, 0) is 20.0 Å². The molecule has 4 rings (SSSR count). The number of piperidine rings is 3. The zero-order chi connectivity index (χ0) is 18.9. The van der Waals surface area contributed by atoms with Crippen molar-refractivity contribution in [1.29, 1.82) is 0 Å². The van der Waals surface area contributed by atoms with Gasteiger partial charge in [0.25, 0.3) is 0 Å². The number of benzene rings is 1. The summed E-state index contributed by atoms with van der Waals surface area (Å²) in [6.45, 7) is 7.13. The topological polar surface area (TPSA) is 86.8 Å². The van der Waals surface area contributed by atoms with Crippen LogP contribution in [0.1, 0.15) is 26.7 Å². The molecule has 3 aliphatic heterocycles. The fraction of sp³-hybridized carbons (Fsp3) is 0.647. The Bertz CT molecular complexity index is 825. The summed E-state index contributed by atoms with van der Waals surface area (Å²) in [6.07, 6.45) is 2.04. The van der Waals surface area contributed by atoms with Gasteiger partial charge in [0.15, 0.2) is 0 Å². The fourth-order valence-electron chi connectivity index (χ4n) is 3.87. The Kier molecular flexibility index (Phi) is 5.74. The Morgan fingerprint density at radius 1 is 1.00 bits per heavy atom. The molecule has 3 fully saturated rings. The highest BCUT2D eigenvalue weighted by atomic mass is 32.2. The van der Waals surface area contributed by atoms with Gasteiger partial charge in [-0.25, -0.2) is 21.6 Å². The van der Waals surface area contributed by atoms with Crippen LogP contribution in [0.25, 0.3) is 0 Å². The van der Waals surface area contributed by atoms with E-state index in [0.29, 0.717) is 19.0 Å². The first-order valence-corrected chi connectivity index (χ1v) is 12.0. The SMILES string of the molecule is CCN(CC)S(=O)(=O)c1ccc(S(=O)(=O)NC2CN3CCC2CC3)cc1. The molecule has 3 heterocycles. The molecule has 1 aromatic rings. The van der Waals surface area contributed by atoms with Crippen molar-refractivity contribution in [2.45, 2.75) is 42.5 Å². The quantitative estimate of drug-likeness (QED) is 0.739. The molecule has 1 aromatic carbocycles. The van der Waals surface area contributed by atoms with Gasteiger partial charge in [-0.05, 0) is 56.1 Å². The molecule has 26 heavy (non-hydrogen) atoms. The van der Waals surface area contributed by atoms with Crippen molar-refractivity contribution >= 4 is 20.0 Å². The molecule has 0 amide bonds. The number of nitrogens with one attached hydrogen (secondary N) is 1. The van der Waals surface area contributed by atoms with Gasteiger partial charge in [0.2, 0.25) is 20.0 Å². The zero-order valence-electron chi connectivity index (χ0n) is 15.3. The lowest BCUT2D eigenvalue weighted by Crippen LogP contribution is -2.57. The molecule has 0 radical (unpaired) electrons. The Hall–Kier alpha value is -1.00. The lowest BCUT2D eigenvalue weighted by atomic mass is 9.85. The average molecular weight is 402 g/mol. The van der Waals surface area contributed by atoms with Gasteiger partial charge in [0.05, 0.1) is 9.79 Å². The van der Waals surface area contributed by atoms with Crippen LogP contribution in [0, 0.1) is 5.92 Å². The minimum atomic E-state index is -3.66. The smallest absolute Gasteiger partial charge is 0.243 e. The second kappa shape index (κ2) is 7.55. The summed E-state index contributed by atoms with van der Waals surface area (Å²) in [4.78, 5) is 2.50. The molecule has 3 aliphatic rings. The van der Waals surface area contributed by atoms with Gasteiger partial charge in [-0.3, -0.25) is 0 Å². The molecule has 7 nitrogen and oxygen atoms in total. The summed E-state index contributed by atoms with van der Waals surface area (Å²) in [5.41, 5.74) is 0. The largest absolute Gasteiger partial charge is 0.302 e. The first kappa shape index (κ1) is 19.8. The molecule has 1 atom stereocenters. The third-order valence-electron chi connectivity index (χ3n) is 5.44. The number of nitrogens with zero attached hydrogens (tertiary/aromatic N) is 2. The van der Waals surface area contributed by atoms with Crippen molar-refractivity contribution in [2.75, 3.05) is 32.7 Å². The molecular formula is C17H27N3O4S2. The number of fused-ring (bicyclic) bond motifs is 3. The van der Waals surface area contributed by atoms with E-state index in [4.69, 9.17) is 0 Å². The molecule has 0 aromatic heterocycles. The fourth-order valence-corrected chi connectivity index (χ4v) is 6.62. The van der Waals surface area contributed by atoms with E-state index >= 15 is 0 Å². The van der Waals surface area contributed by atoms with Gasteiger partial charge in [-0.15, -0.1) is 0 Å². The first-order valence-electron chi connectivity index (χ1n) is 9.13. The second-order valence-corrected chi connectivity index (χ2v) is 10.6. The molecule has 9 heteroatoms. The standard InChI is InChI=1S/C17H27N3O4S2/c1-3-20(4-2)26(23,24)16-7-5-15(6-8-16)25(21,22)18-17-13-19-11-9-14(17)10-12-19/h5-8,14,17-18H,3-4,9-13H2,1-2H3. The number of hydrogen-bond acceptors (Lipinski definition) is 5. The molecule has 2 bridgehead atoms. The predicted octanol–water partition coefficient (Wildman–Crippen LogP) is 1.09. The maximum Gasteiger partial charge on any atom is 0.243 e. The van der Waals surface area contributed by atoms with Crippen molar-refractivity contribution in [3.8, 4) is 0 Å². The van der Waals surface area contributed by atoms with E-state index in [1.165, 1.54) is 28.6 Å². The molecule has 0 aliphatic carbocycles. The van der Waals surface area contributed by atoms with Crippen LogP contribution in [0.4, 0.5) is 0 Å². The van der Waals surface area contributed by atoms with E-state index in [1.807, 2.05) is 0 Å². The minimum Gasteiger partial charge on any atom is -0.302 e. The summed E-state index contributed by atoms with van der Waals surface area (Å²) >= 11 is 0. The summed E-state index contributed by atoms with van der Waals surface area (Å²) in [5.74, 6) is 0.386. The predicted molar refractivity (Wildman–Crippen MR) is 99.8 cm³/mol. The van der Waals surface area contributed by atoms with Crippen molar-refractivity contribution in [3.63, 3.8) is 0 Å².